The first-order valence-corrected chi connectivity index (χ1v) is 7.76. The van der Waals surface area contributed by atoms with Crippen LogP contribution in [0.5, 0.6) is 0 Å². The van der Waals surface area contributed by atoms with Gasteiger partial charge in [-0.25, -0.2) is 9.37 Å². The van der Waals surface area contributed by atoms with Crippen LogP contribution in [0.4, 0.5) is 4.39 Å². The Labute approximate surface area is 125 Å². The molecule has 0 aliphatic carbocycles. The number of nitrogens with one attached hydrogen (secondary N) is 1. The van der Waals surface area contributed by atoms with Gasteiger partial charge in [0.15, 0.2) is 0 Å². The van der Waals surface area contributed by atoms with Crippen molar-refractivity contribution in [2.24, 2.45) is 0 Å². The number of rotatable bonds is 4. The molecule has 2 aromatic rings. The molecule has 5 heteroatoms. The van der Waals surface area contributed by atoms with E-state index >= 15 is 0 Å². The van der Waals surface area contributed by atoms with Crippen LogP contribution in [0.3, 0.4) is 0 Å². The van der Waals surface area contributed by atoms with Crippen LogP contribution < -0.4 is 5.32 Å². The van der Waals surface area contributed by atoms with Crippen LogP contribution in [0.1, 0.15) is 34.1 Å². The van der Waals surface area contributed by atoms with Gasteiger partial charge in [-0.2, -0.15) is 0 Å². The predicted octanol–water partition coefficient (Wildman–Crippen LogP) is 4.22. The van der Waals surface area contributed by atoms with E-state index in [9.17, 15) is 4.39 Å². The molecule has 0 aliphatic heterocycles. The third-order valence-corrected chi connectivity index (χ3v) is 4.82. The summed E-state index contributed by atoms with van der Waals surface area (Å²) in [6.07, 6.45) is 0.934. The monoisotopic (exact) mass is 342 g/mol. The minimum atomic E-state index is -0.241. The normalized spacial score (nSPS) is 12.7. The van der Waals surface area contributed by atoms with E-state index in [1.165, 1.54) is 17.0 Å². The van der Waals surface area contributed by atoms with Gasteiger partial charge in [0.2, 0.25) is 0 Å². The quantitative estimate of drug-likeness (QED) is 0.899. The Hall–Kier alpha value is -0.780. The highest BCUT2D eigenvalue weighted by Crippen LogP contribution is 2.32. The summed E-state index contributed by atoms with van der Waals surface area (Å²) in [6.45, 7) is 4.19. The van der Waals surface area contributed by atoms with Crippen LogP contribution in [0.2, 0.25) is 0 Å². The van der Waals surface area contributed by atoms with E-state index in [-0.39, 0.29) is 11.9 Å². The summed E-state index contributed by atoms with van der Waals surface area (Å²) in [4.78, 5) is 5.93. The Balaban J connectivity index is 2.43. The number of hydrogen-bond acceptors (Lipinski definition) is 3. The number of nitrogens with zero attached hydrogens (tertiary/aromatic N) is 1. The van der Waals surface area contributed by atoms with E-state index in [0.29, 0.717) is 0 Å². The highest BCUT2D eigenvalue weighted by atomic mass is 79.9. The van der Waals surface area contributed by atoms with Crippen LogP contribution >= 0.6 is 27.3 Å². The second-order valence-corrected chi connectivity index (χ2v) is 6.39. The Bertz CT molecular complexity index is 583. The Morgan fingerprint density at radius 3 is 2.74 bits per heavy atom. The van der Waals surface area contributed by atoms with Crippen molar-refractivity contribution >= 4 is 27.3 Å². The van der Waals surface area contributed by atoms with Crippen molar-refractivity contribution in [3.8, 4) is 0 Å². The Morgan fingerprint density at radius 2 is 2.21 bits per heavy atom. The van der Waals surface area contributed by atoms with Crippen molar-refractivity contribution in [3.63, 3.8) is 0 Å². The van der Waals surface area contributed by atoms with Crippen LogP contribution in [-0.2, 0) is 6.42 Å². The SMILES string of the molecule is CCc1nc(C(NC)c2ccc(F)cc2Br)sc1C. The number of halogens is 2. The number of benzene rings is 1. The number of aromatic nitrogens is 1. The number of thiazole rings is 1. The summed E-state index contributed by atoms with van der Waals surface area (Å²) >= 11 is 5.12. The molecule has 2 nitrogen and oxygen atoms in total. The van der Waals surface area contributed by atoms with Gasteiger partial charge < -0.3 is 5.32 Å². The third kappa shape index (κ3) is 3.04. The second-order valence-electron chi connectivity index (χ2n) is 4.30. The van der Waals surface area contributed by atoms with Crippen LogP contribution in [-0.4, -0.2) is 12.0 Å². The largest absolute Gasteiger partial charge is 0.307 e. The molecule has 19 heavy (non-hydrogen) atoms. The molecule has 0 saturated carbocycles. The van der Waals surface area contributed by atoms with Crippen LogP contribution in [0.15, 0.2) is 22.7 Å². The zero-order valence-electron chi connectivity index (χ0n) is 11.1. The summed E-state index contributed by atoms with van der Waals surface area (Å²) in [6, 6.07) is 4.74. The van der Waals surface area contributed by atoms with Gasteiger partial charge in [0, 0.05) is 9.35 Å². The Morgan fingerprint density at radius 1 is 1.47 bits per heavy atom. The lowest BCUT2D eigenvalue weighted by molar-refractivity contribution is 0.621. The van der Waals surface area contributed by atoms with Crippen molar-refractivity contribution in [1.29, 1.82) is 0 Å². The number of hydrogen-bond donors (Lipinski definition) is 1. The van der Waals surface area contributed by atoms with Crippen molar-refractivity contribution in [2.45, 2.75) is 26.3 Å². The Kier molecular flexibility index (Phi) is 4.71. The first-order chi connectivity index (χ1) is 9.06. The van der Waals surface area contributed by atoms with Crippen molar-refractivity contribution in [3.05, 3.63) is 49.6 Å². The van der Waals surface area contributed by atoms with Crippen molar-refractivity contribution < 1.29 is 4.39 Å². The third-order valence-electron chi connectivity index (χ3n) is 3.05. The van der Waals surface area contributed by atoms with E-state index < -0.39 is 0 Å². The van der Waals surface area contributed by atoms with Gasteiger partial charge in [-0.1, -0.05) is 28.9 Å². The van der Waals surface area contributed by atoms with Crippen molar-refractivity contribution in [2.75, 3.05) is 7.05 Å². The molecule has 2 rings (SSSR count). The summed E-state index contributed by atoms with van der Waals surface area (Å²) in [5, 5.41) is 4.27. The predicted molar refractivity (Wildman–Crippen MR) is 81.2 cm³/mol. The first-order valence-electron chi connectivity index (χ1n) is 6.15. The molecular weight excluding hydrogens is 327 g/mol. The molecule has 0 spiro atoms. The van der Waals surface area contributed by atoms with Gasteiger partial charge in [-0.05, 0) is 38.1 Å². The summed E-state index contributed by atoms with van der Waals surface area (Å²) in [5.41, 5.74) is 2.14. The maximum Gasteiger partial charge on any atom is 0.124 e. The molecule has 1 aromatic heterocycles. The van der Waals surface area contributed by atoms with E-state index in [2.05, 4.69) is 40.1 Å². The molecule has 0 radical (unpaired) electrons. The van der Waals surface area contributed by atoms with E-state index in [1.54, 1.807) is 17.4 Å². The minimum absolute atomic E-state index is 0.0148. The van der Waals surface area contributed by atoms with E-state index in [0.717, 1.165) is 27.2 Å². The molecule has 1 atom stereocenters. The maximum absolute atomic E-state index is 13.2. The van der Waals surface area contributed by atoms with Gasteiger partial charge in [0.1, 0.15) is 10.8 Å². The molecule has 0 amide bonds. The zero-order valence-corrected chi connectivity index (χ0v) is 13.5. The summed E-state index contributed by atoms with van der Waals surface area (Å²) in [5.74, 6) is -0.241. The summed E-state index contributed by atoms with van der Waals surface area (Å²) in [7, 11) is 1.89. The van der Waals surface area contributed by atoms with Gasteiger partial charge in [0.25, 0.3) is 0 Å². The molecule has 102 valence electrons. The number of aryl methyl sites for hydroxylation is 2. The zero-order chi connectivity index (χ0) is 14.0. The van der Waals surface area contributed by atoms with Crippen LogP contribution in [0, 0.1) is 12.7 Å². The fourth-order valence-electron chi connectivity index (χ4n) is 2.05. The lowest BCUT2D eigenvalue weighted by Gasteiger charge is -2.15. The van der Waals surface area contributed by atoms with Gasteiger partial charge in [-0.3, -0.25) is 0 Å². The molecule has 0 fully saturated rings. The molecule has 1 N–H and O–H groups in total. The topological polar surface area (TPSA) is 24.9 Å². The highest BCUT2D eigenvalue weighted by molar-refractivity contribution is 9.10. The van der Waals surface area contributed by atoms with Gasteiger partial charge in [0.05, 0.1) is 11.7 Å². The fraction of sp³-hybridized carbons (Fsp3) is 0.357. The molecule has 1 aromatic carbocycles. The molecular formula is C14H16BrFN2S. The lowest BCUT2D eigenvalue weighted by atomic mass is 10.1. The molecule has 1 unspecified atom stereocenters. The maximum atomic E-state index is 13.2. The standard InChI is InChI=1S/C14H16BrFN2S/c1-4-12-8(2)19-14(18-12)13(17-3)10-6-5-9(16)7-11(10)15/h5-7,13,17H,4H2,1-3H3. The van der Waals surface area contributed by atoms with E-state index in [1.807, 2.05) is 7.05 Å². The van der Waals surface area contributed by atoms with E-state index in [4.69, 9.17) is 0 Å². The fourth-order valence-corrected chi connectivity index (χ4v) is 3.77. The minimum Gasteiger partial charge on any atom is -0.307 e. The average Bonchev–Trinajstić information content (AvgIpc) is 2.74. The first kappa shape index (κ1) is 14.6. The second kappa shape index (κ2) is 6.11. The van der Waals surface area contributed by atoms with Gasteiger partial charge >= 0.3 is 0 Å². The highest BCUT2D eigenvalue weighted by Gasteiger charge is 2.20. The molecule has 0 aliphatic rings. The molecule has 0 bridgehead atoms. The molecule has 0 saturated heterocycles. The lowest BCUT2D eigenvalue weighted by Crippen LogP contribution is -2.18. The molecule has 1 heterocycles. The van der Waals surface area contributed by atoms with Gasteiger partial charge in [-0.15, -0.1) is 11.3 Å². The summed E-state index contributed by atoms with van der Waals surface area (Å²) < 4.78 is 13.9. The smallest absolute Gasteiger partial charge is 0.124 e. The van der Waals surface area contributed by atoms with Crippen molar-refractivity contribution in [1.82, 2.24) is 10.3 Å². The van der Waals surface area contributed by atoms with Crippen LogP contribution in [0.25, 0.3) is 0 Å². The average molecular weight is 343 g/mol.